The molecule has 0 heterocycles. The highest BCUT2D eigenvalue weighted by molar-refractivity contribution is 9.10. The minimum Gasteiger partial charge on any atom is -0.489 e. The van der Waals surface area contributed by atoms with E-state index in [1.165, 1.54) is 18.2 Å². The zero-order chi connectivity index (χ0) is 23.3. The average molecular weight is 513 g/mol. The van der Waals surface area contributed by atoms with Crippen LogP contribution in [0.4, 0.5) is 30.7 Å². The molecule has 0 atom stereocenters. The molecule has 2 rings (SSSR count). The molecule has 0 fully saturated rings. The summed E-state index contributed by atoms with van der Waals surface area (Å²) in [5, 5.41) is 2.85. The smallest absolute Gasteiger partial charge is 0.462 e. The molecule has 3 nitrogen and oxygen atoms in total. The Hall–Kier alpha value is -2.56. The monoisotopic (exact) mass is 512 g/mol. The Morgan fingerprint density at radius 3 is 2.23 bits per heavy atom. The number of alkyl halides is 7. The fraction of sp³-hybridized carbons (Fsp3) is 0.250. The predicted octanol–water partition coefficient (Wildman–Crippen LogP) is 6.47. The van der Waals surface area contributed by atoms with Crippen molar-refractivity contribution in [1.29, 1.82) is 0 Å². The van der Waals surface area contributed by atoms with E-state index in [0.717, 1.165) is 10.0 Å². The Morgan fingerprint density at radius 2 is 1.65 bits per heavy atom. The lowest BCUT2D eigenvalue weighted by Crippen LogP contribution is -2.58. The number of nitrogens with one attached hydrogen (secondary N) is 1. The van der Waals surface area contributed by atoms with Crippen LogP contribution in [0.2, 0.25) is 0 Å². The number of allylic oxidation sites excluding steroid dienone is 1. The fourth-order valence-corrected chi connectivity index (χ4v) is 2.58. The largest absolute Gasteiger partial charge is 0.489 e. The van der Waals surface area contributed by atoms with Crippen molar-refractivity contribution in [2.45, 2.75) is 31.2 Å². The maximum absolute atomic E-state index is 13.2. The molecule has 0 unspecified atom stereocenters. The number of hydrazone groups is 1. The standard InChI is InChI=1S/C20H16BrF7N2O/c1-2-3-15-10-14(11-29-30-20(27,28)18(22,23)19(24,25)26)6-9-17(15)31-12-13-4-7-16(21)8-5-13/h2,4-11,30H,1,3,12H2/b29-11+. The van der Waals surface area contributed by atoms with Gasteiger partial charge in [0.05, 0.1) is 6.21 Å². The molecular weight excluding hydrogens is 497 g/mol. The van der Waals surface area contributed by atoms with E-state index in [1.54, 1.807) is 6.08 Å². The molecule has 1 N–H and O–H groups in total. The second-order valence-corrected chi connectivity index (χ2v) is 7.21. The third kappa shape index (κ3) is 6.22. The van der Waals surface area contributed by atoms with Crippen molar-refractivity contribution in [2.24, 2.45) is 5.10 Å². The quantitative estimate of drug-likeness (QED) is 0.137. The molecule has 2 aromatic carbocycles. The summed E-state index contributed by atoms with van der Waals surface area (Å²) in [4.78, 5) is 0. The summed E-state index contributed by atoms with van der Waals surface area (Å²) in [5.74, 6) is -5.84. The summed E-state index contributed by atoms with van der Waals surface area (Å²) in [7, 11) is 0. The molecule has 0 radical (unpaired) electrons. The second kappa shape index (κ2) is 9.71. The minimum atomic E-state index is -6.44. The van der Waals surface area contributed by atoms with Gasteiger partial charge in [-0.05, 0) is 53.4 Å². The van der Waals surface area contributed by atoms with Crippen LogP contribution in [0.5, 0.6) is 5.75 Å². The summed E-state index contributed by atoms with van der Waals surface area (Å²) in [5.41, 5.74) is 2.23. The van der Waals surface area contributed by atoms with E-state index in [0.29, 0.717) is 29.4 Å². The van der Waals surface area contributed by atoms with Crippen molar-refractivity contribution < 1.29 is 35.5 Å². The summed E-state index contributed by atoms with van der Waals surface area (Å²) in [6, 6.07) is 6.10. The van der Waals surface area contributed by atoms with Gasteiger partial charge in [0, 0.05) is 4.47 Å². The van der Waals surface area contributed by atoms with Gasteiger partial charge in [-0.2, -0.15) is 35.8 Å². The van der Waals surface area contributed by atoms with Gasteiger partial charge in [-0.25, -0.2) is 5.43 Å². The molecule has 2 aromatic rings. The summed E-state index contributed by atoms with van der Waals surface area (Å²) < 4.78 is 95.2. The molecule has 0 bridgehead atoms. The van der Waals surface area contributed by atoms with Gasteiger partial charge >= 0.3 is 18.1 Å². The molecule has 0 saturated heterocycles. The Morgan fingerprint density at radius 1 is 1.00 bits per heavy atom. The first-order chi connectivity index (χ1) is 14.4. The Bertz CT molecular complexity index is 928. The van der Waals surface area contributed by atoms with E-state index < -0.39 is 18.1 Å². The molecule has 0 aromatic heterocycles. The van der Waals surface area contributed by atoms with Crippen molar-refractivity contribution in [3.8, 4) is 5.75 Å². The van der Waals surface area contributed by atoms with E-state index in [4.69, 9.17) is 4.74 Å². The number of benzene rings is 2. The van der Waals surface area contributed by atoms with Crippen LogP contribution in [0.3, 0.4) is 0 Å². The van der Waals surface area contributed by atoms with Gasteiger partial charge in [0.15, 0.2) is 0 Å². The number of hydrogen-bond donors (Lipinski definition) is 1. The van der Waals surface area contributed by atoms with Crippen LogP contribution in [0.25, 0.3) is 0 Å². The highest BCUT2D eigenvalue weighted by Gasteiger charge is 2.73. The maximum atomic E-state index is 13.2. The first-order valence-corrected chi connectivity index (χ1v) is 9.40. The van der Waals surface area contributed by atoms with Crippen molar-refractivity contribution in [2.75, 3.05) is 0 Å². The lowest BCUT2D eigenvalue weighted by molar-refractivity contribution is -0.361. The highest BCUT2D eigenvalue weighted by Crippen LogP contribution is 2.45. The number of nitrogens with zero attached hydrogens (tertiary/aromatic N) is 1. The van der Waals surface area contributed by atoms with Crippen molar-refractivity contribution in [3.63, 3.8) is 0 Å². The maximum Gasteiger partial charge on any atom is 0.462 e. The van der Waals surface area contributed by atoms with Crippen LogP contribution in [0.1, 0.15) is 16.7 Å². The molecular formula is C20H16BrF7N2O. The fourth-order valence-electron chi connectivity index (χ4n) is 2.31. The van der Waals surface area contributed by atoms with Crippen LogP contribution in [0.15, 0.2) is 64.7 Å². The molecule has 31 heavy (non-hydrogen) atoms. The zero-order valence-electron chi connectivity index (χ0n) is 15.7. The Kier molecular flexibility index (Phi) is 7.74. The molecule has 0 amide bonds. The third-order valence-electron chi connectivity index (χ3n) is 3.93. The van der Waals surface area contributed by atoms with E-state index >= 15 is 0 Å². The highest BCUT2D eigenvalue weighted by atomic mass is 79.9. The van der Waals surface area contributed by atoms with Gasteiger partial charge in [-0.15, -0.1) is 6.58 Å². The van der Waals surface area contributed by atoms with Crippen LogP contribution >= 0.6 is 15.9 Å². The van der Waals surface area contributed by atoms with Gasteiger partial charge in [-0.1, -0.05) is 34.1 Å². The number of ether oxygens (including phenoxy) is 1. The van der Waals surface area contributed by atoms with Crippen LogP contribution in [-0.2, 0) is 13.0 Å². The molecule has 0 aliphatic heterocycles. The van der Waals surface area contributed by atoms with E-state index in [-0.39, 0.29) is 12.2 Å². The SMILES string of the molecule is C=CCc1cc(/C=N/NC(F)(F)C(F)(F)C(F)(F)F)ccc1OCc1ccc(Br)cc1. The lowest BCUT2D eigenvalue weighted by atomic mass is 10.1. The van der Waals surface area contributed by atoms with Crippen LogP contribution < -0.4 is 10.2 Å². The number of halogens is 8. The first kappa shape index (κ1) is 24.7. The molecule has 11 heteroatoms. The molecule has 0 spiro atoms. The predicted molar refractivity (Wildman–Crippen MR) is 105 cm³/mol. The minimum absolute atomic E-state index is 0.173. The lowest BCUT2D eigenvalue weighted by Gasteiger charge is -2.27. The second-order valence-electron chi connectivity index (χ2n) is 6.29. The van der Waals surface area contributed by atoms with Crippen LogP contribution in [-0.4, -0.2) is 24.4 Å². The third-order valence-corrected chi connectivity index (χ3v) is 4.45. The summed E-state index contributed by atoms with van der Waals surface area (Å²) >= 11 is 3.32. The van der Waals surface area contributed by atoms with Crippen molar-refractivity contribution in [3.05, 3.63) is 76.3 Å². The van der Waals surface area contributed by atoms with E-state index in [1.807, 2.05) is 24.3 Å². The van der Waals surface area contributed by atoms with Gasteiger partial charge in [0.25, 0.3) is 0 Å². The Balaban J connectivity index is 2.12. The van der Waals surface area contributed by atoms with Crippen LogP contribution in [0, 0.1) is 0 Å². The average Bonchev–Trinajstić information content (AvgIpc) is 2.68. The summed E-state index contributed by atoms with van der Waals surface area (Å²) in [6.07, 6.45) is -3.86. The Labute approximate surface area is 181 Å². The van der Waals surface area contributed by atoms with Gasteiger partial charge in [0.1, 0.15) is 12.4 Å². The normalized spacial score (nSPS) is 12.8. The summed E-state index contributed by atoms with van der Waals surface area (Å²) in [6.45, 7) is 3.84. The number of hydrogen-bond acceptors (Lipinski definition) is 3. The first-order valence-electron chi connectivity index (χ1n) is 8.61. The van der Waals surface area contributed by atoms with Gasteiger partial charge < -0.3 is 4.74 Å². The van der Waals surface area contributed by atoms with E-state index in [2.05, 4.69) is 27.6 Å². The number of rotatable bonds is 9. The van der Waals surface area contributed by atoms with Gasteiger partial charge in [-0.3, -0.25) is 0 Å². The molecule has 168 valence electrons. The van der Waals surface area contributed by atoms with E-state index in [9.17, 15) is 30.7 Å². The zero-order valence-corrected chi connectivity index (χ0v) is 17.3. The van der Waals surface area contributed by atoms with Crippen molar-refractivity contribution in [1.82, 2.24) is 5.43 Å². The van der Waals surface area contributed by atoms with Gasteiger partial charge in [0.2, 0.25) is 0 Å². The molecule has 0 aliphatic carbocycles. The van der Waals surface area contributed by atoms with Crippen molar-refractivity contribution >= 4 is 22.1 Å². The topological polar surface area (TPSA) is 33.6 Å². The molecule has 0 saturated carbocycles. The molecule has 0 aliphatic rings.